The van der Waals surface area contributed by atoms with Crippen molar-refractivity contribution in [2.45, 2.75) is 36.1 Å². The van der Waals surface area contributed by atoms with Crippen LogP contribution in [-0.4, -0.2) is 45.5 Å². The quantitative estimate of drug-likeness (QED) is 0.264. The number of imide groups is 1. The molecule has 1 atom stereocenters. The second kappa shape index (κ2) is 8.92. The largest absolute Gasteiger partial charge is 0.491 e. The summed E-state index contributed by atoms with van der Waals surface area (Å²) in [7, 11) is 0. The van der Waals surface area contributed by atoms with E-state index in [9.17, 15) is 40.7 Å². The van der Waals surface area contributed by atoms with E-state index in [1.165, 1.54) is 31.3 Å². The zero-order chi connectivity index (χ0) is 24.6. The van der Waals surface area contributed by atoms with Crippen LogP contribution in [0.15, 0.2) is 47.6 Å². The minimum Gasteiger partial charge on any atom is -0.418 e. The number of ether oxygens (including phenoxy) is 1. The number of anilines is 1. The summed E-state index contributed by atoms with van der Waals surface area (Å²) in [4.78, 5) is 41.9. The molecule has 0 aliphatic carbocycles. The van der Waals surface area contributed by atoms with Crippen molar-refractivity contribution in [3.8, 4) is 5.75 Å². The summed E-state index contributed by atoms with van der Waals surface area (Å²) in [5.41, 5.74) is -4.51. The van der Waals surface area contributed by atoms with E-state index in [1.807, 2.05) is 0 Å². The number of hydrogen-bond donors (Lipinski definition) is 0. The highest BCUT2D eigenvalue weighted by atomic mass is 32.2. The van der Waals surface area contributed by atoms with E-state index in [0.29, 0.717) is 0 Å². The molecule has 0 saturated carbocycles. The van der Waals surface area contributed by atoms with Crippen LogP contribution in [0.5, 0.6) is 5.75 Å². The Balaban J connectivity index is 1.81. The van der Waals surface area contributed by atoms with E-state index in [-0.39, 0.29) is 27.9 Å². The molecule has 0 bridgehead atoms. The van der Waals surface area contributed by atoms with Gasteiger partial charge in [-0.3, -0.25) is 9.78 Å². The number of benzene rings is 1. The summed E-state index contributed by atoms with van der Waals surface area (Å²) >= 11 is -0.362. The highest BCUT2D eigenvalue weighted by Gasteiger charge is 2.44. The first kappa shape index (κ1) is 24.4. The average molecular weight is 493 g/mol. The number of carbonyl (C=O) groups is 3. The van der Waals surface area contributed by atoms with Crippen molar-refractivity contribution in [1.29, 1.82) is 0 Å². The lowest BCUT2D eigenvalue weighted by Gasteiger charge is -2.21. The van der Waals surface area contributed by atoms with Crippen LogP contribution in [0.4, 0.5) is 36.8 Å². The zero-order valence-electron chi connectivity index (χ0n) is 16.5. The van der Waals surface area contributed by atoms with Gasteiger partial charge in [-0.05, 0) is 49.0 Å². The van der Waals surface area contributed by atoms with E-state index in [0.717, 1.165) is 28.1 Å². The van der Waals surface area contributed by atoms with Gasteiger partial charge in [0.15, 0.2) is 5.75 Å². The molecule has 7 nitrogen and oxygen atoms in total. The van der Waals surface area contributed by atoms with E-state index >= 15 is 0 Å². The van der Waals surface area contributed by atoms with Crippen LogP contribution in [0.2, 0.25) is 0 Å². The number of urea groups is 1. The third-order valence-corrected chi connectivity index (χ3v) is 5.19. The third-order valence-electron chi connectivity index (χ3n) is 4.46. The molecule has 176 valence electrons. The number of aromatic nitrogens is 1. The number of hydrogen-bond acceptors (Lipinski definition) is 6. The maximum atomic E-state index is 12.9. The molecule has 3 rings (SSSR count). The van der Waals surface area contributed by atoms with Gasteiger partial charge in [0, 0.05) is 16.7 Å². The van der Waals surface area contributed by atoms with Crippen molar-refractivity contribution >= 4 is 35.4 Å². The van der Waals surface area contributed by atoms with Crippen molar-refractivity contribution in [2.75, 3.05) is 4.90 Å². The monoisotopic (exact) mass is 493 g/mol. The molecule has 1 aromatic heterocycles. The molecule has 1 aliphatic heterocycles. The molecule has 0 spiro atoms. The van der Waals surface area contributed by atoms with Crippen LogP contribution in [0, 0.1) is 0 Å². The summed E-state index contributed by atoms with van der Waals surface area (Å²) in [6.07, 6.45) is -3.20. The molecule has 3 amide bonds. The minimum atomic E-state index is -5.26. The maximum absolute atomic E-state index is 12.9. The molecule has 0 N–H and O–H groups in total. The number of nitrogens with zero attached hydrogens (tertiary/aromatic N) is 3. The van der Waals surface area contributed by atoms with E-state index in [1.54, 1.807) is 0 Å². The number of halogens is 6. The molecule has 2 aromatic rings. The van der Waals surface area contributed by atoms with Gasteiger partial charge in [-0.25, -0.2) is 14.5 Å². The molecule has 1 aliphatic rings. The fourth-order valence-corrected chi connectivity index (χ4v) is 3.46. The number of carbonyl (C=O) groups excluding carboxylic acids is 3. The molecule has 33 heavy (non-hydrogen) atoms. The van der Waals surface area contributed by atoms with Crippen molar-refractivity contribution in [3.05, 3.63) is 48.3 Å². The first-order valence-electron chi connectivity index (χ1n) is 9.00. The Labute approximate surface area is 186 Å². The Morgan fingerprint density at radius 2 is 1.73 bits per heavy atom. The van der Waals surface area contributed by atoms with Crippen LogP contribution in [0.1, 0.15) is 12.5 Å². The van der Waals surface area contributed by atoms with Gasteiger partial charge in [0.2, 0.25) is 0 Å². The third kappa shape index (κ3) is 5.56. The Bertz CT molecular complexity index is 1070. The minimum absolute atomic E-state index is 0.0179. The van der Waals surface area contributed by atoms with Crippen LogP contribution in [0.25, 0.3) is 0 Å². The van der Waals surface area contributed by atoms with Gasteiger partial charge in [0.25, 0.3) is 5.91 Å². The molecule has 14 heteroatoms. The highest BCUT2D eigenvalue weighted by Crippen LogP contribution is 2.38. The van der Waals surface area contributed by atoms with E-state index < -0.39 is 47.9 Å². The zero-order valence-corrected chi connectivity index (χ0v) is 17.3. The molecule has 1 aromatic carbocycles. The van der Waals surface area contributed by atoms with Gasteiger partial charge in [-0.15, -0.1) is 0 Å². The van der Waals surface area contributed by atoms with Gasteiger partial charge in [-0.2, -0.15) is 26.3 Å². The second-order valence-electron chi connectivity index (χ2n) is 6.67. The van der Waals surface area contributed by atoms with Crippen LogP contribution >= 0.6 is 11.8 Å². The number of alkyl halides is 6. The summed E-state index contributed by atoms with van der Waals surface area (Å²) < 4.78 is 79.4. The first-order chi connectivity index (χ1) is 15.3. The lowest BCUT2D eigenvalue weighted by atomic mass is 10.2. The number of rotatable bonds is 5. The van der Waals surface area contributed by atoms with Crippen LogP contribution in [0.3, 0.4) is 0 Å². The van der Waals surface area contributed by atoms with E-state index in [2.05, 4.69) is 9.72 Å². The van der Waals surface area contributed by atoms with Crippen molar-refractivity contribution in [2.24, 2.45) is 0 Å². The van der Waals surface area contributed by atoms with E-state index in [4.69, 9.17) is 0 Å². The Morgan fingerprint density at radius 1 is 1.09 bits per heavy atom. The standard InChI is InChI=1S/C19H13F6N3O4S/c1-10-15(29)28(12-2-4-13(5-3-12)33-19(23,24)25)17(31)27(10)9-11-6-7-26-8-14(11)32-16(30)18(20,21)22/h2-8,10H,9H2,1H3/t10-/m1/s1. The summed E-state index contributed by atoms with van der Waals surface area (Å²) in [6, 6.07) is 3.84. The Morgan fingerprint density at radius 3 is 2.30 bits per heavy atom. The molecule has 1 saturated heterocycles. The van der Waals surface area contributed by atoms with Crippen LogP contribution < -0.4 is 9.64 Å². The molecular formula is C19H13F6N3O4S. The van der Waals surface area contributed by atoms with Gasteiger partial charge < -0.3 is 9.64 Å². The van der Waals surface area contributed by atoms with Crippen molar-refractivity contribution < 1.29 is 45.5 Å². The normalized spacial score (nSPS) is 17.0. The SMILES string of the molecule is C[C@@H]1C(=O)N(c2ccc(SC(F)(F)F)cc2)C(=O)N1Cc1ccncc1OC(=O)C(F)(F)F. The summed E-state index contributed by atoms with van der Waals surface area (Å²) in [5, 5.41) is 0. The maximum Gasteiger partial charge on any atom is 0.491 e. The fraction of sp³-hybridized carbons (Fsp3) is 0.263. The topological polar surface area (TPSA) is 79.8 Å². The second-order valence-corrected chi connectivity index (χ2v) is 7.81. The van der Waals surface area contributed by atoms with Gasteiger partial charge >= 0.3 is 23.7 Å². The molecule has 0 unspecified atom stereocenters. The highest BCUT2D eigenvalue weighted by molar-refractivity contribution is 8.00. The number of esters is 1. The summed E-state index contributed by atoms with van der Waals surface area (Å²) in [6.45, 7) is 0.976. The number of pyridine rings is 1. The van der Waals surface area contributed by atoms with Gasteiger partial charge in [-0.1, -0.05) is 0 Å². The van der Waals surface area contributed by atoms with Gasteiger partial charge in [0.1, 0.15) is 6.04 Å². The number of thioether (sulfide) groups is 1. The molecule has 1 fully saturated rings. The smallest absolute Gasteiger partial charge is 0.418 e. The molecule has 0 radical (unpaired) electrons. The number of amides is 3. The average Bonchev–Trinajstić information content (AvgIpc) is 2.91. The lowest BCUT2D eigenvalue weighted by molar-refractivity contribution is -0.189. The lowest BCUT2D eigenvalue weighted by Crippen LogP contribution is -2.34. The molecule has 2 heterocycles. The predicted octanol–water partition coefficient (Wildman–Crippen LogP) is 4.52. The Kier molecular flexibility index (Phi) is 6.58. The first-order valence-corrected chi connectivity index (χ1v) is 9.82. The van der Waals surface area contributed by atoms with Crippen molar-refractivity contribution in [1.82, 2.24) is 9.88 Å². The summed E-state index contributed by atoms with van der Waals surface area (Å²) in [5.74, 6) is -3.72. The van der Waals surface area contributed by atoms with Gasteiger partial charge in [0.05, 0.1) is 18.4 Å². The van der Waals surface area contributed by atoms with Crippen molar-refractivity contribution in [3.63, 3.8) is 0 Å². The Hall–Kier alpha value is -3.29. The fourth-order valence-electron chi connectivity index (χ4n) is 2.92. The van der Waals surface area contributed by atoms with Crippen LogP contribution in [-0.2, 0) is 16.1 Å². The molecular weight excluding hydrogens is 480 g/mol. The predicted molar refractivity (Wildman–Crippen MR) is 102 cm³/mol.